The predicted molar refractivity (Wildman–Crippen MR) is 93.5 cm³/mol. The van der Waals surface area contributed by atoms with Gasteiger partial charge in [-0.15, -0.1) is 0 Å². The zero-order valence-corrected chi connectivity index (χ0v) is 15.4. The van der Waals surface area contributed by atoms with Gasteiger partial charge in [-0.05, 0) is 65.2 Å². The molecule has 1 saturated heterocycles. The van der Waals surface area contributed by atoms with Crippen molar-refractivity contribution < 1.29 is 9.53 Å². The lowest BCUT2D eigenvalue weighted by Gasteiger charge is -2.41. The second kappa shape index (κ2) is 7.43. The number of ether oxygens (including phenoxy) is 1. The maximum atomic E-state index is 12.2. The first kappa shape index (κ1) is 17.9. The lowest BCUT2D eigenvalue weighted by Crippen LogP contribution is -2.48. The Morgan fingerprint density at radius 3 is 2.64 bits per heavy atom. The summed E-state index contributed by atoms with van der Waals surface area (Å²) in [5.74, 6) is 0.556. The molecule has 4 nitrogen and oxygen atoms in total. The molecule has 0 radical (unpaired) electrons. The normalized spacial score (nSPS) is 24.7. The zero-order chi connectivity index (χ0) is 16.2. The Kier molecular flexibility index (Phi) is 6.06. The number of nitrogens with one attached hydrogen (secondary N) is 1. The number of nitrogens with zero attached hydrogens (tertiary/aromatic N) is 1. The Labute approximate surface area is 139 Å². The smallest absolute Gasteiger partial charge is 0.410 e. The van der Waals surface area contributed by atoms with Crippen molar-refractivity contribution in [3.05, 3.63) is 0 Å². The average molecular weight is 329 g/mol. The Bertz CT molecular complexity index is 372. The highest BCUT2D eigenvalue weighted by Gasteiger charge is 2.36. The largest absolute Gasteiger partial charge is 0.444 e. The minimum Gasteiger partial charge on any atom is -0.444 e. The van der Waals surface area contributed by atoms with E-state index in [0.29, 0.717) is 10.7 Å². The van der Waals surface area contributed by atoms with Gasteiger partial charge in [-0.25, -0.2) is 4.79 Å². The SMILES string of the molecule is CSC1(CNCC2CCCN(C(=O)OC(C)(C)C)C2)CCC1. The van der Waals surface area contributed by atoms with Gasteiger partial charge in [0.05, 0.1) is 0 Å². The zero-order valence-electron chi connectivity index (χ0n) is 14.6. The van der Waals surface area contributed by atoms with Gasteiger partial charge in [0.25, 0.3) is 0 Å². The van der Waals surface area contributed by atoms with Gasteiger partial charge >= 0.3 is 6.09 Å². The highest BCUT2D eigenvalue weighted by Crippen LogP contribution is 2.42. The van der Waals surface area contributed by atoms with Crippen LogP contribution in [0, 0.1) is 5.92 Å². The molecule has 1 atom stereocenters. The molecule has 1 aliphatic carbocycles. The fraction of sp³-hybridized carbons (Fsp3) is 0.941. The molecule has 1 aliphatic heterocycles. The van der Waals surface area contributed by atoms with Crippen LogP contribution in [0.4, 0.5) is 4.79 Å². The minimum absolute atomic E-state index is 0.156. The van der Waals surface area contributed by atoms with Crippen molar-refractivity contribution in [1.82, 2.24) is 10.2 Å². The second-order valence-electron chi connectivity index (χ2n) is 7.81. The molecule has 0 spiro atoms. The topological polar surface area (TPSA) is 41.6 Å². The van der Waals surface area contributed by atoms with E-state index in [1.54, 1.807) is 0 Å². The van der Waals surface area contributed by atoms with E-state index in [1.165, 1.54) is 25.7 Å². The second-order valence-corrected chi connectivity index (χ2v) is 9.08. The Balaban J connectivity index is 1.72. The fourth-order valence-electron chi connectivity index (χ4n) is 3.25. The molecule has 0 aromatic carbocycles. The third-order valence-electron chi connectivity index (χ3n) is 4.75. The van der Waals surface area contributed by atoms with Crippen molar-refractivity contribution in [2.45, 2.75) is 63.2 Å². The van der Waals surface area contributed by atoms with E-state index in [9.17, 15) is 4.79 Å². The summed E-state index contributed by atoms with van der Waals surface area (Å²) in [7, 11) is 0. The van der Waals surface area contributed by atoms with Crippen LogP contribution in [-0.4, -0.2) is 53.8 Å². The number of thioether (sulfide) groups is 1. The molecule has 1 unspecified atom stereocenters. The number of amides is 1. The highest BCUT2D eigenvalue weighted by atomic mass is 32.2. The van der Waals surface area contributed by atoms with Gasteiger partial charge in [-0.3, -0.25) is 0 Å². The molecule has 1 N–H and O–H groups in total. The van der Waals surface area contributed by atoms with E-state index in [2.05, 4.69) is 11.6 Å². The van der Waals surface area contributed by atoms with Gasteiger partial charge in [0.1, 0.15) is 5.60 Å². The van der Waals surface area contributed by atoms with Crippen LogP contribution in [-0.2, 0) is 4.74 Å². The summed E-state index contributed by atoms with van der Waals surface area (Å²) in [5, 5.41) is 3.66. The number of rotatable bonds is 5. The first-order chi connectivity index (χ1) is 10.3. The molecule has 2 rings (SSSR count). The molecule has 128 valence electrons. The molecule has 1 heterocycles. The highest BCUT2D eigenvalue weighted by molar-refractivity contribution is 8.00. The summed E-state index contributed by atoms with van der Waals surface area (Å²) < 4.78 is 5.98. The van der Waals surface area contributed by atoms with Crippen molar-refractivity contribution in [3.63, 3.8) is 0 Å². The van der Waals surface area contributed by atoms with Crippen molar-refractivity contribution in [3.8, 4) is 0 Å². The van der Waals surface area contributed by atoms with E-state index in [1.807, 2.05) is 37.4 Å². The van der Waals surface area contributed by atoms with E-state index >= 15 is 0 Å². The van der Waals surface area contributed by atoms with Crippen LogP contribution < -0.4 is 5.32 Å². The van der Waals surface area contributed by atoms with E-state index in [4.69, 9.17) is 4.74 Å². The summed E-state index contributed by atoms with van der Waals surface area (Å²) in [4.78, 5) is 14.1. The number of piperidine rings is 1. The Hall–Kier alpha value is -0.420. The summed E-state index contributed by atoms with van der Waals surface area (Å²) in [6.07, 6.45) is 8.42. The van der Waals surface area contributed by atoms with Crippen LogP contribution in [0.15, 0.2) is 0 Å². The standard InChI is InChI=1S/C17H32N2O2S/c1-16(2,3)21-15(20)19-10-5-7-14(12-19)11-18-13-17(22-4)8-6-9-17/h14,18H,5-13H2,1-4H3. The Morgan fingerprint density at radius 1 is 1.36 bits per heavy atom. The molecule has 1 amide bonds. The first-order valence-electron chi connectivity index (χ1n) is 8.57. The van der Waals surface area contributed by atoms with Crippen LogP contribution in [0.5, 0.6) is 0 Å². The lowest BCUT2D eigenvalue weighted by molar-refractivity contribution is 0.0166. The van der Waals surface area contributed by atoms with Crippen LogP contribution in [0.25, 0.3) is 0 Å². The van der Waals surface area contributed by atoms with Crippen molar-refractivity contribution in [2.24, 2.45) is 5.92 Å². The first-order valence-corrected chi connectivity index (χ1v) is 9.80. The van der Waals surface area contributed by atoms with E-state index in [0.717, 1.165) is 32.6 Å². The third-order valence-corrected chi connectivity index (χ3v) is 6.17. The van der Waals surface area contributed by atoms with Gasteiger partial charge in [0, 0.05) is 24.4 Å². The van der Waals surface area contributed by atoms with Crippen LogP contribution >= 0.6 is 11.8 Å². The molecule has 2 fully saturated rings. The maximum Gasteiger partial charge on any atom is 0.410 e. The molecular weight excluding hydrogens is 296 g/mol. The summed E-state index contributed by atoms with van der Waals surface area (Å²) in [6.45, 7) is 9.56. The van der Waals surface area contributed by atoms with Gasteiger partial charge < -0.3 is 15.0 Å². The molecule has 0 aromatic heterocycles. The fourth-order valence-corrected chi connectivity index (χ4v) is 4.20. The van der Waals surface area contributed by atoms with Gasteiger partial charge in [0.2, 0.25) is 0 Å². The molecule has 5 heteroatoms. The molecular formula is C17H32N2O2S. The Morgan fingerprint density at radius 2 is 2.09 bits per heavy atom. The lowest BCUT2D eigenvalue weighted by atomic mass is 9.84. The molecule has 1 saturated carbocycles. The van der Waals surface area contributed by atoms with Crippen molar-refractivity contribution >= 4 is 17.9 Å². The monoisotopic (exact) mass is 328 g/mol. The third kappa shape index (κ3) is 5.05. The maximum absolute atomic E-state index is 12.2. The number of hydrogen-bond acceptors (Lipinski definition) is 4. The summed E-state index contributed by atoms with van der Waals surface area (Å²) >= 11 is 2.01. The molecule has 2 aliphatic rings. The molecule has 22 heavy (non-hydrogen) atoms. The van der Waals surface area contributed by atoms with Crippen molar-refractivity contribution in [1.29, 1.82) is 0 Å². The minimum atomic E-state index is -0.406. The number of carbonyl (C=O) groups excluding carboxylic acids is 1. The van der Waals surface area contributed by atoms with Gasteiger partial charge in [0.15, 0.2) is 0 Å². The predicted octanol–water partition coefficient (Wildman–Crippen LogP) is 3.51. The number of carbonyl (C=O) groups is 1. The van der Waals surface area contributed by atoms with Crippen molar-refractivity contribution in [2.75, 3.05) is 32.4 Å². The van der Waals surface area contributed by atoms with E-state index < -0.39 is 5.60 Å². The number of likely N-dealkylation sites (tertiary alicyclic amines) is 1. The molecule has 0 aromatic rings. The van der Waals surface area contributed by atoms with Gasteiger partial charge in [-0.1, -0.05) is 6.42 Å². The quantitative estimate of drug-likeness (QED) is 0.838. The molecule has 0 bridgehead atoms. The summed E-state index contributed by atoms with van der Waals surface area (Å²) in [6, 6.07) is 0. The van der Waals surface area contributed by atoms with E-state index in [-0.39, 0.29) is 6.09 Å². The van der Waals surface area contributed by atoms with Gasteiger partial charge in [-0.2, -0.15) is 11.8 Å². The summed E-state index contributed by atoms with van der Waals surface area (Å²) in [5.41, 5.74) is -0.406. The van der Waals surface area contributed by atoms with Crippen LogP contribution in [0.2, 0.25) is 0 Å². The number of hydrogen-bond donors (Lipinski definition) is 1. The average Bonchev–Trinajstić information content (AvgIpc) is 2.40. The van der Waals surface area contributed by atoms with Crippen LogP contribution in [0.1, 0.15) is 52.9 Å². The van der Waals surface area contributed by atoms with Crippen LogP contribution in [0.3, 0.4) is 0 Å².